The van der Waals surface area contributed by atoms with Crippen LogP contribution in [0.2, 0.25) is 0 Å². The number of aromatic amines is 1. The van der Waals surface area contributed by atoms with Gasteiger partial charge in [0.25, 0.3) is 5.56 Å². The Labute approximate surface area is 113 Å². The monoisotopic (exact) mass is 279 g/mol. The van der Waals surface area contributed by atoms with Crippen molar-refractivity contribution in [1.29, 1.82) is 5.26 Å². The molecule has 0 unspecified atom stereocenters. The van der Waals surface area contributed by atoms with Gasteiger partial charge in [0, 0.05) is 18.7 Å². The van der Waals surface area contributed by atoms with E-state index in [2.05, 4.69) is 4.98 Å². The van der Waals surface area contributed by atoms with Crippen molar-refractivity contribution in [3.8, 4) is 6.07 Å². The van der Waals surface area contributed by atoms with Crippen LogP contribution >= 0.6 is 0 Å². The fraction of sp³-hybridized carbons (Fsp3) is 0.417. The van der Waals surface area contributed by atoms with Gasteiger partial charge in [0.2, 0.25) is 0 Å². The van der Waals surface area contributed by atoms with Crippen LogP contribution < -0.4 is 11.2 Å². The molecule has 3 N–H and O–H groups in total. The van der Waals surface area contributed by atoms with Gasteiger partial charge in [-0.05, 0) is 6.08 Å². The number of aromatic nitrogens is 2. The van der Waals surface area contributed by atoms with Crippen LogP contribution in [0.25, 0.3) is 6.08 Å². The Bertz CT molecular complexity index is 669. The number of rotatable bonds is 3. The zero-order valence-electron chi connectivity index (χ0n) is 10.4. The third kappa shape index (κ3) is 2.70. The molecular weight excluding hydrogens is 266 g/mol. The lowest BCUT2D eigenvalue weighted by Gasteiger charge is -2.14. The predicted octanol–water partition coefficient (Wildman–Crippen LogP) is -1.29. The lowest BCUT2D eigenvalue weighted by molar-refractivity contribution is -0.0459. The zero-order valence-corrected chi connectivity index (χ0v) is 10.4. The highest BCUT2D eigenvalue weighted by Gasteiger charge is 2.35. The number of nitrogens with zero attached hydrogens (tertiary/aromatic N) is 2. The number of nitriles is 1. The Balaban J connectivity index is 2.38. The van der Waals surface area contributed by atoms with E-state index in [1.54, 1.807) is 6.07 Å². The van der Waals surface area contributed by atoms with Crippen molar-refractivity contribution in [2.45, 2.75) is 24.9 Å². The highest BCUT2D eigenvalue weighted by molar-refractivity contribution is 5.49. The summed E-state index contributed by atoms with van der Waals surface area (Å²) < 4.78 is 6.46. The second-order valence-corrected chi connectivity index (χ2v) is 4.33. The molecule has 1 saturated heterocycles. The number of ether oxygens (including phenoxy) is 1. The van der Waals surface area contributed by atoms with Gasteiger partial charge in [0.05, 0.1) is 24.3 Å². The van der Waals surface area contributed by atoms with Gasteiger partial charge in [0.1, 0.15) is 12.3 Å². The highest BCUT2D eigenvalue weighted by atomic mass is 16.5. The van der Waals surface area contributed by atoms with Gasteiger partial charge in [-0.25, -0.2) is 4.79 Å². The molecule has 2 rings (SSSR count). The maximum absolute atomic E-state index is 11.7. The van der Waals surface area contributed by atoms with Gasteiger partial charge in [-0.15, -0.1) is 0 Å². The van der Waals surface area contributed by atoms with Crippen LogP contribution in [0, 0.1) is 11.3 Å². The first kappa shape index (κ1) is 14.2. The van der Waals surface area contributed by atoms with Crippen LogP contribution in [0.4, 0.5) is 0 Å². The van der Waals surface area contributed by atoms with Crippen LogP contribution in [0.3, 0.4) is 0 Å². The summed E-state index contributed by atoms with van der Waals surface area (Å²) in [4.78, 5) is 25.4. The topological polar surface area (TPSA) is 128 Å². The molecule has 0 bridgehead atoms. The minimum absolute atomic E-state index is 0.122. The van der Waals surface area contributed by atoms with Gasteiger partial charge in [-0.3, -0.25) is 14.3 Å². The summed E-state index contributed by atoms with van der Waals surface area (Å²) in [6.45, 7) is -0.364. The molecule has 20 heavy (non-hydrogen) atoms. The van der Waals surface area contributed by atoms with Crippen molar-refractivity contribution in [1.82, 2.24) is 9.55 Å². The summed E-state index contributed by atoms with van der Waals surface area (Å²) in [7, 11) is 0. The first-order valence-electron chi connectivity index (χ1n) is 5.93. The van der Waals surface area contributed by atoms with E-state index in [-0.39, 0.29) is 18.6 Å². The Hall–Kier alpha value is -2.21. The maximum Gasteiger partial charge on any atom is 0.330 e. The third-order valence-electron chi connectivity index (χ3n) is 3.03. The molecule has 106 valence electrons. The van der Waals surface area contributed by atoms with Crippen molar-refractivity contribution >= 4 is 6.08 Å². The minimum atomic E-state index is -0.887. The summed E-state index contributed by atoms with van der Waals surface area (Å²) in [6, 6.07) is 1.75. The van der Waals surface area contributed by atoms with E-state index in [0.717, 1.165) is 10.6 Å². The van der Waals surface area contributed by atoms with Gasteiger partial charge in [-0.1, -0.05) is 0 Å². The molecule has 1 aliphatic rings. The molecule has 1 aliphatic heterocycles. The third-order valence-corrected chi connectivity index (χ3v) is 3.03. The average Bonchev–Trinajstić information content (AvgIpc) is 2.79. The minimum Gasteiger partial charge on any atom is -0.394 e. The summed E-state index contributed by atoms with van der Waals surface area (Å²) >= 11 is 0. The predicted molar refractivity (Wildman–Crippen MR) is 67.6 cm³/mol. The van der Waals surface area contributed by atoms with Crippen LogP contribution in [-0.4, -0.2) is 38.6 Å². The van der Waals surface area contributed by atoms with E-state index < -0.39 is 29.7 Å². The van der Waals surface area contributed by atoms with Crippen LogP contribution in [0.5, 0.6) is 0 Å². The standard InChI is InChI=1S/C12H13N3O5/c13-3-1-2-7-5-15(12(19)14-11(7)18)10-4-8(17)9(6-16)20-10/h1-2,5,8-10,16-17H,4,6H2,(H,14,18,19)/b2-1+/t8-,9+,10-/m0/s1. The van der Waals surface area contributed by atoms with Gasteiger partial charge in [0.15, 0.2) is 0 Å². The second kappa shape index (κ2) is 5.83. The van der Waals surface area contributed by atoms with Crippen molar-refractivity contribution in [3.63, 3.8) is 0 Å². The van der Waals surface area contributed by atoms with Crippen LogP contribution in [-0.2, 0) is 4.74 Å². The fourth-order valence-corrected chi connectivity index (χ4v) is 2.01. The molecular formula is C12H13N3O5. The van der Waals surface area contributed by atoms with E-state index >= 15 is 0 Å². The summed E-state index contributed by atoms with van der Waals surface area (Å²) in [5.41, 5.74) is -1.17. The van der Waals surface area contributed by atoms with Gasteiger partial charge >= 0.3 is 5.69 Å². The zero-order chi connectivity index (χ0) is 14.7. The molecule has 0 aliphatic carbocycles. The number of H-pyrrole nitrogens is 1. The molecule has 8 nitrogen and oxygen atoms in total. The molecule has 8 heteroatoms. The van der Waals surface area contributed by atoms with E-state index in [0.29, 0.717) is 0 Å². The molecule has 1 aromatic heterocycles. The molecule has 0 amide bonds. The van der Waals surface area contributed by atoms with E-state index in [9.17, 15) is 14.7 Å². The van der Waals surface area contributed by atoms with Crippen molar-refractivity contribution in [2.75, 3.05) is 6.61 Å². The highest BCUT2D eigenvalue weighted by Crippen LogP contribution is 2.27. The Kier molecular flexibility index (Phi) is 4.14. The lowest BCUT2D eigenvalue weighted by atomic mass is 10.2. The molecule has 0 aromatic carbocycles. The van der Waals surface area contributed by atoms with E-state index in [1.807, 2.05) is 0 Å². The quantitative estimate of drug-likeness (QED) is 0.591. The van der Waals surface area contributed by atoms with Crippen molar-refractivity contribution in [3.05, 3.63) is 38.7 Å². The second-order valence-electron chi connectivity index (χ2n) is 4.33. The number of hydrogen-bond acceptors (Lipinski definition) is 6. The lowest BCUT2D eigenvalue weighted by Crippen LogP contribution is -2.33. The normalized spacial score (nSPS) is 25.9. The molecule has 0 saturated carbocycles. The first-order chi connectivity index (χ1) is 9.56. The number of hydrogen-bond donors (Lipinski definition) is 3. The fourth-order valence-electron chi connectivity index (χ4n) is 2.01. The van der Waals surface area contributed by atoms with Crippen molar-refractivity contribution < 1.29 is 14.9 Å². The molecule has 0 spiro atoms. The maximum atomic E-state index is 11.7. The van der Waals surface area contributed by atoms with E-state index in [1.165, 1.54) is 12.3 Å². The summed E-state index contributed by atoms with van der Waals surface area (Å²) in [6.07, 6.45) is 1.33. The largest absolute Gasteiger partial charge is 0.394 e. The van der Waals surface area contributed by atoms with Gasteiger partial charge in [-0.2, -0.15) is 5.26 Å². The SMILES string of the molecule is N#C/C=C/c1cn([C@@H]2C[C@H](O)[C@@H](CO)O2)c(=O)[nH]c1=O. The first-order valence-corrected chi connectivity index (χ1v) is 5.93. The average molecular weight is 279 g/mol. The molecule has 0 radical (unpaired) electrons. The van der Waals surface area contributed by atoms with Crippen molar-refractivity contribution in [2.24, 2.45) is 0 Å². The number of aliphatic hydroxyl groups is 2. The number of aliphatic hydroxyl groups excluding tert-OH is 2. The molecule has 1 fully saturated rings. The number of nitrogens with one attached hydrogen (secondary N) is 1. The molecule has 3 atom stereocenters. The summed E-state index contributed by atoms with van der Waals surface area (Å²) in [5.74, 6) is 0. The van der Waals surface area contributed by atoms with Crippen LogP contribution in [0.1, 0.15) is 18.2 Å². The Morgan fingerprint density at radius 3 is 2.95 bits per heavy atom. The molecule has 1 aromatic rings. The van der Waals surface area contributed by atoms with E-state index in [4.69, 9.17) is 15.1 Å². The Morgan fingerprint density at radius 2 is 2.35 bits per heavy atom. The summed E-state index contributed by atoms with van der Waals surface area (Å²) in [5, 5.41) is 27.1. The van der Waals surface area contributed by atoms with Gasteiger partial charge < -0.3 is 14.9 Å². The molecule has 2 heterocycles. The Morgan fingerprint density at radius 1 is 1.60 bits per heavy atom. The van der Waals surface area contributed by atoms with Crippen LogP contribution in [0.15, 0.2) is 21.9 Å². The smallest absolute Gasteiger partial charge is 0.330 e. The number of allylic oxidation sites excluding steroid dienone is 1.